The van der Waals surface area contributed by atoms with Crippen molar-refractivity contribution >= 4 is 5.97 Å². The van der Waals surface area contributed by atoms with Crippen molar-refractivity contribution in [3.63, 3.8) is 0 Å². The number of carboxylic acid groups (broad SMARTS) is 1. The van der Waals surface area contributed by atoms with Gasteiger partial charge >= 0.3 is 12.1 Å². The Morgan fingerprint density at radius 2 is 2.00 bits per heavy atom. The molecule has 1 aromatic rings. The molecule has 0 amide bonds. The van der Waals surface area contributed by atoms with Crippen LogP contribution in [0.3, 0.4) is 0 Å². The van der Waals surface area contributed by atoms with Crippen LogP contribution in [0.15, 0.2) is 24.3 Å². The number of carbonyl (C=O) groups is 1. The number of hydrogen-bond acceptors (Lipinski definition) is 2. The number of para-hydroxylation sites is 1. The first-order chi connectivity index (χ1) is 7.89. The zero-order valence-electron chi connectivity index (χ0n) is 8.57. The summed E-state index contributed by atoms with van der Waals surface area (Å²) in [6.45, 7) is 0. The van der Waals surface area contributed by atoms with Crippen molar-refractivity contribution in [2.75, 3.05) is 0 Å². The Morgan fingerprint density at radius 3 is 2.59 bits per heavy atom. The molecule has 92 valence electrons. The summed E-state index contributed by atoms with van der Waals surface area (Å²) in [4.78, 5) is 10.8. The van der Waals surface area contributed by atoms with Crippen molar-refractivity contribution in [2.24, 2.45) is 5.92 Å². The molecular formula is C11H9F3O3. The van der Waals surface area contributed by atoms with Crippen LogP contribution in [0.4, 0.5) is 13.2 Å². The molecule has 3 nitrogen and oxygen atoms in total. The lowest BCUT2D eigenvalue weighted by Gasteiger charge is -2.32. The van der Waals surface area contributed by atoms with Crippen LogP contribution in [0.2, 0.25) is 0 Å². The maximum Gasteiger partial charge on any atom is 0.426 e. The molecule has 1 N–H and O–H groups in total. The normalized spacial score (nSPS) is 23.7. The first-order valence-corrected chi connectivity index (χ1v) is 4.93. The van der Waals surface area contributed by atoms with E-state index in [0.29, 0.717) is 5.56 Å². The highest BCUT2D eigenvalue weighted by Crippen LogP contribution is 2.38. The van der Waals surface area contributed by atoms with E-state index >= 15 is 0 Å². The third-order valence-corrected chi connectivity index (χ3v) is 2.67. The molecule has 0 saturated heterocycles. The molecule has 2 rings (SSSR count). The molecule has 17 heavy (non-hydrogen) atoms. The van der Waals surface area contributed by atoms with Crippen LogP contribution in [0.25, 0.3) is 0 Å². The minimum absolute atomic E-state index is 0.104. The Hall–Kier alpha value is -1.72. The lowest BCUT2D eigenvalue weighted by molar-refractivity contribution is -0.217. The topological polar surface area (TPSA) is 46.5 Å². The number of rotatable bonds is 1. The summed E-state index contributed by atoms with van der Waals surface area (Å²) in [6.07, 6.45) is -7.14. The smallest absolute Gasteiger partial charge is 0.426 e. The second kappa shape index (κ2) is 3.94. The maximum absolute atomic E-state index is 12.7. The molecule has 6 heteroatoms. The first-order valence-electron chi connectivity index (χ1n) is 4.93. The minimum Gasteiger partial charge on any atom is -0.481 e. The third-order valence-electron chi connectivity index (χ3n) is 2.67. The number of hydrogen-bond donors (Lipinski definition) is 1. The van der Waals surface area contributed by atoms with Gasteiger partial charge in [-0.15, -0.1) is 0 Å². The van der Waals surface area contributed by atoms with Gasteiger partial charge in [0.1, 0.15) is 11.7 Å². The fourth-order valence-electron chi connectivity index (χ4n) is 1.86. The molecular weight excluding hydrogens is 237 g/mol. The lowest BCUT2D eigenvalue weighted by Crippen LogP contribution is -2.47. The summed E-state index contributed by atoms with van der Waals surface area (Å²) >= 11 is 0. The monoisotopic (exact) mass is 246 g/mol. The molecule has 1 aromatic carbocycles. The average molecular weight is 246 g/mol. The Morgan fingerprint density at radius 1 is 1.35 bits per heavy atom. The molecule has 0 radical (unpaired) electrons. The highest BCUT2D eigenvalue weighted by Gasteiger charge is 2.51. The molecule has 0 bridgehead atoms. The number of fused-ring (bicyclic) bond motifs is 1. The van der Waals surface area contributed by atoms with E-state index in [1.807, 2.05) is 0 Å². The van der Waals surface area contributed by atoms with Crippen molar-refractivity contribution in [3.8, 4) is 5.75 Å². The van der Waals surface area contributed by atoms with E-state index in [1.165, 1.54) is 6.07 Å². The van der Waals surface area contributed by atoms with E-state index in [4.69, 9.17) is 9.84 Å². The zero-order valence-corrected chi connectivity index (χ0v) is 8.57. The second-order valence-electron chi connectivity index (χ2n) is 3.84. The Balaban J connectivity index is 2.38. The van der Waals surface area contributed by atoms with Gasteiger partial charge in [0.25, 0.3) is 0 Å². The molecule has 0 fully saturated rings. The second-order valence-corrected chi connectivity index (χ2v) is 3.84. The third kappa shape index (κ3) is 2.20. The van der Waals surface area contributed by atoms with Gasteiger partial charge in [0.05, 0.1) is 0 Å². The van der Waals surface area contributed by atoms with Crippen LogP contribution in [0.5, 0.6) is 5.75 Å². The van der Waals surface area contributed by atoms with Crippen molar-refractivity contribution in [2.45, 2.75) is 18.7 Å². The number of aliphatic carboxylic acids is 1. The van der Waals surface area contributed by atoms with Crippen LogP contribution >= 0.6 is 0 Å². The molecule has 0 saturated carbocycles. The van der Waals surface area contributed by atoms with Gasteiger partial charge in [0.2, 0.25) is 6.10 Å². The Labute approximate surface area is 94.8 Å². The summed E-state index contributed by atoms with van der Waals surface area (Å²) in [5.74, 6) is -2.99. The van der Waals surface area contributed by atoms with Crippen LogP contribution in [-0.2, 0) is 11.2 Å². The van der Waals surface area contributed by atoms with Crippen LogP contribution in [-0.4, -0.2) is 23.4 Å². The number of benzene rings is 1. The lowest BCUT2D eigenvalue weighted by atomic mass is 9.90. The zero-order chi connectivity index (χ0) is 12.6. The molecule has 0 unspecified atom stereocenters. The quantitative estimate of drug-likeness (QED) is 0.826. The summed E-state index contributed by atoms with van der Waals surface area (Å²) in [5.41, 5.74) is 0.486. The van der Waals surface area contributed by atoms with Gasteiger partial charge in [-0.2, -0.15) is 13.2 Å². The molecule has 2 atom stereocenters. The SMILES string of the molecule is O=C(O)[C@@H]1Cc2ccccc2O[C@H]1C(F)(F)F. The molecule has 0 aliphatic carbocycles. The van der Waals surface area contributed by atoms with Crippen LogP contribution < -0.4 is 4.74 Å². The van der Waals surface area contributed by atoms with E-state index in [-0.39, 0.29) is 12.2 Å². The molecule has 1 heterocycles. The van der Waals surface area contributed by atoms with Crippen molar-refractivity contribution in [1.82, 2.24) is 0 Å². The van der Waals surface area contributed by atoms with Crippen molar-refractivity contribution < 1.29 is 27.8 Å². The maximum atomic E-state index is 12.7. The average Bonchev–Trinajstić information content (AvgIpc) is 2.26. The Bertz CT molecular complexity index is 442. The molecule has 1 aliphatic rings. The number of halogens is 3. The summed E-state index contributed by atoms with van der Waals surface area (Å²) < 4.78 is 42.7. The standard InChI is InChI=1S/C11H9F3O3/c12-11(13,14)9-7(10(15)16)5-6-3-1-2-4-8(6)17-9/h1-4,7,9H,5H2,(H,15,16)/t7-,9-/m1/s1. The minimum atomic E-state index is -4.68. The van der Waals surface area contributed by atoms with Gasteiger partial charge in [-0.1, -0.05) is 18.2 Å². The van der Waals surface area contributed by atoms with Crippen molar-refractivity contribution in [3.05, 3.63) is 29.8 Å². The Kier molecular flexibility index (Phi) is 2.73. The van der Waals surface area contributed by atoms with E-state index in [0.717, 1.165) is 0 Å². The van der Waals surface area contributed by atoms with E-state index in [1.54, 1.807) is 18.2 Å². The van der Waals surface area contributed by atoms with E-state index in [9.17, 15) is 18.0 Å². The van der Waals surface area contributed by atoms with E-state index in [2.05, 4.69) is 0 Å². The van der Waals surface area contributed by atoms with E-state index < -0.39 is 24.2 Å². The summed E-state index contributed by atoms with van der Waals surface area (Å²) in [6, 6.07) is 6.16. The predicted molar refractivity (Wildman–Crippen MR) is 51.7 cm³/mol. The first kappa shape index (κ1) is 11.8. The number of carboxylic acids is 1. The number of ether oxygens (including phenoxy) is 1. The highest BCUT2D eigenvalue weighted by atomic mass is 19.4. The van der Waals surface area contributed by atoms with Gasteiger partial charge in [-0.3, -0.25) is 4.79 Å². The van der Waals surface area contributed by atoms with Gasteiger partial charge in [0.15, 0.2) is 0 Å². The molecule has 1 aliphatic heterocycles. The molecule has 0 spiro atoms. The summed E-state index contributed by atoms with van der Waals surface area (Å²) in [7, 11) is 0. The van der Waals surface area contributed by atoms with Crippen LogP contribution in [0, 0.1) is 5.92 Å². The van der Waals surface area contributed by atoms with Gasteiger partial charge in [-0.25, -0.2) is 0 Å². The van der Waals surface area contributed by atoms with Gasteiger partial charge < -0.3 is 9.84 Å². The van der Waals surface area contributed by atoms with Gasteiger partial charge in [0, 0.05) is 0 Å². The van der Waals surface area contributed by atoms with Gasteiger partial charge in [-0.05, 0) is 18.1 Å². The van der Waals surface area contributed by atoms with Crippen molar-refractivity contribution in [1.29, 1.82) is 0 Å². The molecule has 0 aromatic heterocycles. The predicted octanol–water partition coefficient (Wildman–Crippen LogP) is 2.25. The van der Waals surface area contributed by atoms with Crippen LogP contribution in [0.1, 0.15) is 5.56 Å². The number of alkyl halides is 3. The fraction of sp³-hybridized carbons (Fsp3) is 0.364. The highest BCUT2D eigenvalue weighted by molar-refractivity contribution is 5.72. The largest absolute Gasteiger partial charge is 0.481 e. The summed E-state index contributed by atoms with van der Waals surface area (Å²) in [5, 5.41) is 8.82. The fourth-order valence-corrected chi connectivity index (χ4v) is 1.86.